The van der Waals surface area contributed by atoms with Gasteiger partial charge in [0.05, 0.1) is 11.9 Å². The first kappa shape index (κ1) is 12.3. The summed E-state index contributed by atoms with van der Waals surface area (Å²) < 4.78 is 15.7. The van der Waals surface area contributed by atoms with E-state index >= 15 is 0 Å². The minimum atomic E-state index is -0.392. The minimum absolute atomic E-state index is 0.123. The highest BCUT2D eigenvalue weighted by Gasteiger charge is 2.15. The van der Waals surface area contributed by atoms with Gasteiger partial charge in [-0.15, -0.1) is 5.10 Å². The van der Waals surface area contributed by atoms with Gasteiger partial charge in [-0.3, -0.25) is 10.1 Å². The van der Waals surface area contributed by atoms with Gasteiger partial charge >= 0.3 is 5.69 Å². The third kappa shape index (κ3) is 2.57. The number of H-pyrrole nitrogens is 1. The van der Waals surface area contributed by atoms with Crippen molar-refractivity contribution in [2.45, 2.75) is 6.61 Å². The molecule has 0 aliphatic rings. The van der Waals surface area contributed by atoms with Gasteiger partial charge in [0.2, 0.25) is 5.88 Å². The Hall–Kier alpha value is -2.49. The average molecular weight is 354 g/mol. The van der Waals surface area contributed by atoms with Crippen molar-refractivity contribution in [1.29, 1.82) is 0 Å². The maximum Gasteiger partial charge on any atom is 0.368 e. The predicted octanol–water partition coefficient (Wildman–Crippen LogP) is 0.426. The first-order chi connectivity index (χ1) is 10.6. The first-order valence-corrected chi connectivity index (χ1v) is 6.65. The summed E-state index contributed by atoms with van der Waals surface area (Å²) in [4.78, 5) is 16.0. The zero-order valence-corrected chi connectivity index (χ0v) is 12.4. The number of nitrogens with one attached hydrogen (secondary N) is 1. The Kier molecular flexibility index (Phi) is 3.20. The van der Waals surface area contributed by atoms with E-state index in [1.807, 2.05) is 0 Å². The first-order valence-electron chi connectivity index (χ1n) is 6.30. The van der Waals surface area contributed by atoms with Crippen molar-refractivity contribution < 1.29 is 6.15 Å². The fourth-order valence-electron chi connectivity index (χ4n) is 1.69. The number of hydrogen-bond acceptors (Lipinski definition) is 6. The van der Waals surface area contributed by atoms with Gasteiger partial charge in [-0.2, -0.15) is 9.36 Å². The molecule has 0 spiro atoms. The molecule has 3 heterocycles. The van der Waals surface area contributed by atoms with Crippen LogP contribution in [-0.2, 0) is 13.7 Å². The molecule has 0 bridgehead atoms. The third-order valence-corrected chi connectivity index (χ3v) is 3.42. The second-order valence-corrected chi connectivity index (χ2v) is 4.93. The lowest BCUT2D eigenvalue weighted by molar-refractivity contribution is 0.292. The van der Waals surface area contributed by atoms with E-state index in [-0.39, 0.29) is 6.61 Å². The Bertz CT molecular complexity index is 871. The number of pyridine rings is 1. The summed E-state index contributed by atoms with van der Waals surface area (Å²) in [6.07, 6.45) is 4.54. The number of aromatic amines is 1. The number of aryl methyl sites for hydroxylation is 1. The molecule has 0 atom stereocenters. The van der Waals surface area contributed by atoms with Gasteiger partial charge in [-0.05, 0) is 26.4 Å². The van der Waals surface area contributed by atoms with E-state index in [1.165, 1.54) is 19.4 Å². The molecule has 0 amide bonds. The van der Waals surface area contributed by atoms with Gasteiger partial charge in [0, 0.05) is 35.5 Å². The molecule has 0 saturated heterocycles. The lowest BCUT2D eigenvalue weighted by Crippen LogP contribution is -2.23. The summed E-state index contributed by atoms with van der Waals surface area (Å²) >= 11 is 3.38. The lowest BCUT2D eigenvalue weighted by Gasteiger charge is -2.09. The molecule has 0 aliphatic heterocycles. The van der Waals surface area contributed by atoms with Crippen LogP contribution in [-0.4, -0.2) is 35.0 Å². The Morgan fingerprint density at radius 1 is 1.48 bits per heavy atom. The smallest absolute Gasteiger partial charge is 0.368 e. The van der Waals surface area contributed by atoms with E-state index in [2.05, 4.69) is 36.4 Å². The van der Waals surface area contributed by atoms with E-state index in [0.717, 1.165) is 14.5 Å². The fraction of sp³-hybridized carbons (Fsp3) is 0.182. The summed E-state index contributed by atoms with van der Waals surface area (Å²) in [5, 5.41) is 12.2. The molecule has 0 aliphatic carbocycles. The molecule has 0 unspecified atom stereocenters. The van der Waals surface area contributed by atoms with E-state index in [9.17, 15) is 4.79 Å². The van der Waals surface area contributed by atoms with Crippen LogP contribution in [0.15, 0.2) is 33.9 Å². The molecule has 3 aromatic heterocycles. The number of hydrogen-bond donors (Lipinski definition) is 1. The molecule has 0 radical (unpaired) electrons. The maximum atomic E-state index is 12.0. The molecule has 0 fully saturated rings. The quantitative estimate of drug-likeness (QED) is 0.729. The van der Waals surface area contributed by atoms with Crippen molar-refractivity contribution in [2.75, 3.05) is 0 Å². The Morgan fingerprint density at radius 3 is 3.00 bits per heavy atom. The van der Waals surface area contributed by atoms with E-state index in [0.29, 0.717) is 21.6 Å². The van der Waals surface area contributed by atoms with Crippen LogP contribution in [0.4, 0.5) is 0 Å². The van der Waals surface area contributed by atoms with E-state index in [4.69, 9.17) is 6.15 Å². The van der Waals surface area contributed by atoms with Crippen molar-refractivity contribution in [3.05, 3.63) is 45.2 Å². The van der Waals surface area contributed by atoms with Crippen LogP contribution in [0.2, 0.25) is 1.41 Å². The summed E-state index contributed by atoms with van der Waals surface area (Å²) in [6, 6.07) is 1.57. The minimum Gasteiger partial charge on any atom is -0.472 e. The van der Waals surface area contributed by atoms with Crippen molar-refractivity contribution in [3.63, 3.8) is 0 Å². The zero-order chi connectivity index (χ0) is 15.7. The number of aromatic nitrogens is 7. The molecule has 108 valence electrons. The number of ether oxygens (including phenoxy) is 1. The number of halogens is 1. The van der Waals surface area contributed by atoms with Gasteiger partial charge in [-0.1, -0.05) is 0 Å². The molecule has 21 heavy (non-hydrogen) atoms. The van der Waals surface area contributed by atoms with Crippen LogP contribution in [0, 0.1) is 0 Å². The standard InChI is InChI=1S/C11H10BrN7O2/c1-18-11(20)19(17-16-18)9-5-13-4-8(12)7(9)6-21-10-2-3-14-15-10/h2-5H,6H2,1H3,(H,14,15)/i/hT. The summed E-state index contributed by atoms with van der Waals surface area (Å²) in [5.74, 6) is 0.302. The van der Waals surface area contributed by atoms with Crippen molar-refractivity contribution in [2.24, 2.45) is 7.05 Å². The maximum absolute atomic E-state index is 12.0. The summed E-state index contributed by atoms with van der Waals surface area (Å²) in [5.41, 5.74) is 0.728. The van der Waals surface area contributed by atoms with Gasteiger partial charge in [0.15, 0.2) is 1.41 Å². The second kappa shape index (κ2) is 5.48. The molecule has 10 heteroatoms. The van der Waals surface area contributed by atoms with E-state index in [1.54, 1.807) is 12.3 Å². The van der Waals surface area contributed by atoms with Crippen molar-refractivity contribution >= 4 is 15.9 Å². The fourth-order valence-corrected chi connectivity index (χ4v) is 2.12. The Balaban J connectivity index is 1.96. The normalized spacial score (nSPS) is 11.4. The number of nitrogens with zero attached hydrogens (tertiary/aromatic N) is 6. The SMILES string of the molecule is [3H]n1ccc(OCc2c(Br)cncc2-n2nnn(C)c2=O)n1. The molecule has 3 aromatic rings. The second-order valence-electron chi connectivity index (χ2n) is 4.07. The van der Waals surface area contributed by atoms with Gasteiger partial charge in [0.1, 0.15) is 6.61 Å². The lowest BCUT2D eigenvalue weighted by atomic mass is 10.2. The Labute approximate surface area is 128 Å². The molecular formula is C11H10BrN7O2. The molecule has 0 saturated carbocycles. The number of rotatable bonds is 4. The van der Waals surface area contributed by atoms with Crippen LogP contribution in [0.1, 0.15) is 5.56 Å². The predicted molar refractivity (Wildman–Crippen MR) is 75.0 cm³/mol. The topological polar surface area (TPSA) is 104 Å². The van der Waals surface area contributed by atoms with Gasteiger partial charge < -0.3 is 4.74 Å². The highest BCUT2D eigenvalue weighted by atomic mass is 79.9. The van der Waals surface area contributed by atoms with Crippen LogP contribution in [0.3, 0.4) is 0 Å². The Morgan fingerprint density at radius 2 is 2.33 bits per heavy atom. The van der Waals surface area contributed by atoms with Gasteiger partial charge in [0.25, 0.3) is 0 Å². The molecule has 0 aromatic carbocycles. The monoisotopic (exact) mass is 353 g/mol. The number of tetrazole rings is 1. The summed E-state index contributed by atoms with van der Waals surface area (Å²) in [6.45, 7) is 0.123. The van der Waals surface area contributed by atoms with E-state index < -0.39 is 5.69 Å². The average Bonchev–Trinajstić information content (AvgIpc) is 3.05. The van der Waals surface area contributed by atoms with Gasteiger partial charge in [-0.25, -0.2) is 4.79 Å². The zero-order valence-electron chi connectivity index (χ0n) is 11.8. The van der Waals surface area contributed by atoms with Crippen molar-refractivity contribution in [1.82, 2.24) is 35.0 Å². The molecule has 1 N–H and O–H groups in total. The summed E-state index contributed by atoms with van der Waals surface area (Å²) in [7, 11) is 1.51. The molecule has 9 nitrogen and oxygen atoms in total. The molecule has 3 rings (SSSR count). The molecular weight excluding hydrogens is 342 g/mol. The van der Waals surface area contributed by atoms with Crippen LogP contribution < -0.4 is 10.4 Å². The highest BCUT2D eigenvalue weighted by molar-refractivity contribution is 9.10. The largest absolute Gasteiger partial charge is 0.472 e. The van der Waals surface area contributed by atoms with Crippen molar-refractivity contribution in [3.8, 4) is 11.6 Å². The highest BCUT2D eigenvalue weighted by Crippen LogP contribution is 2.22. The van der Waals surface area contributed by atoms with Crippen LogP contribution in [0.5, 0.6) is 5.88 Å². The third-order valence-electron chi connectivity index (χ3n) is 2.74. The van der Waals surface area contributed by atoms with Crippen LogP contribution >= 0.6 is 15.9 Å². The van der Waals surface area contributed by atoms with Crippen LogP contribution in [0.25, 0.3) is 5.69 Å².